The summed E-state index contributed by atoms with van der Waals surface area (Å²) in [5.74, 6) is 0.341. The molecule has 9 nitrogen and oxygen atoms in total. The molecule has 0 radical (unpaired) electrons. The number of halogens is 1. The minimum Gasteiger partial charge on any atom is -0.464 e. The van der Waals surface area contributed by atoms with Crippen molar-refractivity contribution in [1.29, 1.82) is 0 Å². The minimum atomic E-state index is -0.294. The Morgan fingerprint density at radius 2 is 2.28 bits per heavy atom. The Bertz CT molecular complexity index is 928. The summed E-state index contributed by atoms with van der Waals surface area (Å²) in [7, 11) is 0. The average molecular weight is 435 g/mol. The number of hydrogen-bond donors (Lipinski definition) is 2. The molecule has 2 aliphatic heterocycles. The average Bonchev–Trinajstić information content (AvgIpc) is 3.21. The number of ether oxygens (including phenoxy) is 2. The molecule has 4 heterocycles. The van der Waals surface area contributed by atoms with Crippen molar-refractivity contribution in [3.63, 3.8) is 0 Å². The summed E-state index contributed by atoms with van der Waals surface area (Å²) < 4.78 is 11.0. The largest absolute Gasteiger partial charge is 0.464 e. The van der Waals surface area contributed by atoms with Gasteiger partial charge in [0.05, 0.1) is 18.8 Å². The van der Waals surface area contributed by atoms with Gasteiger partial charge in [-0.3, -0.25) is 10.1 Å². The zero-order chi connectivity index (χ0) is 20.1. The Labute approximate surface area is 176 Å². The number of carbonyl (C=O) groups is 1. The van der Waals surface area contributed by atoms with Gasteiger partial charge in [0.15, 0.2) is 0 Å². The molecule has 1 atom stereocenters. The molecule has 152 valence electrons. The molecular weight excluding hydrogens is 416 g/mol. The third kappa shape index (κ3) is 5.03. The van der Waals surface area contributed by atoms with Crippen molar-refractivity contribution in [2.75, 3.05) is 43.1 Å². The maximum atomic E-state index is 12.8. The molecule has 0 aliphatic carbocycles. The van der Waals surface area contributed by atoms with Gasteiger partial charge in [0.25, 0.3) is 11.1 Å². The number of hydrogen-bond acceptors (Lipinski definition) is 9. The lowest BCUT2D eigenvalue weighted by Crippen LogP contribution is -2.38. The van der Waals surface area contributed by atoms with Gasteiger partial charge >= 0.3 is 0 Å². The first-order chi connectivity index (χ1) is 14.2. The molecule has 1 fully saturated rings. The highest BCUT2D eigenvalue weighted by Crippen LogP contribution is 2.25. The predicted molar refractivity (Wildman–Crippen MR) is 111 cm³/mol. The number of alkyl halides is 1. The molecule has 2 aromatic heterocycles. The van der Waals surface area contributed by atoms with Crippen molar-refractivity contribution < 1.29 is 14.3 Å². The number of anilines is 2. The maximum absolute atomic E-state index is 12.8. The van der Waals surface area contributed by atoms with Crippen LogP contribution in [-0.4, -0.2) is 59.5 Å². The van der Waals surface area contributed by atoms with Crippen molar-refractivity contribution in [3.8, 4) is 5.19 Å². The molecule has 0 saturated carbocycles. The van der Waals surface area contributed by atoms with Crippen LogP contribution in [0.1, 0.15) is 10.4 Å². The zero-order valence-corrected chi connectivity index (χ0v) is 16.9. The van der Waals surface area contributed by atoms with Crippen LogP contribution in [0.4, 0.5) is 10.9 Å². The van der Waals surface area contributed by atoms with E-state index < -0.39 is 0 Å². The van der Waals surface area contributed by atoms with Crippen LogP contribution in [0.15, 0.2) is 42.3 Å². The van der Waals surface area contributed by atoms with E-state index in [0.717, 1.165) is 16.9 Å². The van der Waals surface area contributed by atoms with Gasteiger partial charge in [-0.05, 0) is 29.5 Å². The second kappa shape index (κ2) is 9.21. The van der Waals surface area contributed by atoms with Crippen LogP contribution in [-0.2, 0) is 4.74 Å². The molecule has 2 N–H and O–H groups in total. The summed E-state index contributed by atoms with van der Waals surface area (Å²) in [6, 6.07) is 3.48. The van der Waals surface area contributed by atoms with Crippen LogP contribution < -0.4 is 20.3 Å². The molecule has 1 saturated heterocycles. The van der Waals surface area contributed by atoms with Crippen molar-refractivity contribution in [1.82, 2.24) is 20.5 Å². The Morgan fingerprint density at radius 1 is 1.41 bits per heavy atom. The standard InChI is InChI=1S/C18H19ClN6O3S/c19-14-4-3-12(10-21-14)11-28-18-24-23-17(29-18)22-16(26)13-2-1-5-20-15(13)25-6-8-27-9-7-25/h1-5,10,14,21H,6-9,11H2,(H,22,23,26). The molecule has 0 bridgehead atoms. The highest BCUT2D eigenvalue weighted by atomic mass is 35.5. The smallest absolute Gasteiger partial charge is 0.296 e. The molecule has 1 unspecified atom stereocenters. The normalized spacial score (nSPS) is 18.7. The lowest BCUT2D eigenvalue weighted by atomic mass is 10.2. The fourth-order valence-electron chi connectivity index (χ4n) is 2.82. The topological polar surface area (TPSA) is 102 Å². The van der Waals surface area contributed by atoms with Crippen LogP contribution in [0.2, 0.25) is 0 Å². The Hall–Kier alpha value is -2.69. The van der Waals surface area contributed by atoms with E-state index in [1.54, 1.807) is 24.5 Å². The summed E-state index contributed by atoms with van der Waals surface area (Å²) in [5.41, 5.74) is 1.19. The van der Waals surface area contributed by atoms with E-state index in [2.05, 4.69) is 25.8 Å². The summed E-state index contributed by atoms with van der Waals surface area (Å²) in [6.45, 7) is 2.93. The van der Waals surface area contributed by atoms with E-state index in [1.807, 2.05) is 17.1 Å². The number of dihydropyridines is 1. The van der Waals surface area contributed by atoms with Crippen LogP contribution in [0.3, 0.4) is 0 Å². The van der Waals surface area contributed by atoms with E-state index in [-0.39, 0.29) is 11.4 Å². The molecule has 1 amide bonds. The van der Waals surface area contributed by atoms with Crippen LogP contribution in [0.5, 0.6) is 5.19 Å². The minimum absolute atomic E-state index is 0.211. The number of aromatic nitrogens is 3. The molecule has 29 heavy (non-hydrogen) atoms. The van der Waals surface area contributed by atoms with Gasteiger partial charge in [0.1, 0.15) is 17.9 Å². The fourth-order valence-corrected chi connectivity index (χ4v) is 3.54. The molecule has 2 aliphatic rings. The summed E-state index contributed by atoms with van der Waals surface area (Å²) in [6.07, 6.45) is 7.17. The first-order valence-electron chi connectivity index (χ1n) is 9.02. The first kappa shape index (κ1) is 19.6. The predicted octanol–water partition coefficient (Wildman–Crippen LogP) is 2.01. The second-order valence-electron chi connectivity index (χ2n) is 6.24. The van der Waals surface area contributed by atoms with Gasteiger partial charge < -0.3 is 19.7 Å². The van der Waals surface area contributed by atoms with Crippen molar-refractivity contribution in [3.05, 3.63) is 47.8 Å². The number of amides is 1. The van der Waals surface area contributed by atoms with E-state index in [1.165, 1.54) is 0 Å². The Balaban J connectivity index is 1.38. The van der Waals surface area contributed by atoms with E-state index >= 15 is 0 Å². The summed E-state index contributed by atoms with van der Waals surface area (Å²) in [5, 5.41) is 14.4. The van der Waals surface area contributed by atoms with E-state index in [0.29, 0.717) is 54.6 Å². The van der Waals surface area contributed by atoms with Crippen LogP contribution in [0, 0.1) is 0 Å². The number of carbonyl (C=O) groups excluding carboxylic acids is 1. The second-order valence-corrected chi connectivity index (χ2v) is 7.65. The number of nitrogens with zero attached hydrogens (tertiary/aromatic N) is 4. The van der Waals surface area contributed by atoms with Gasteiger partial charge in [-0.1, -0.05) is 22.8 Å². The summed E-state index contributed by atoms with van der Waals surface area (Å²) in [4.78, 5) is 19.2. The van der Waals surface area contributed by atoms with Gasteiger partial charge in [0.2, 0.25) is 5.13 Å². The molecular formula is C18H19ClN6O3S. The van der Waals surface area contributed by atoms with Crippen molar-refractivity contribution in [2.45, 2.75) is 5.50 Å². The van der Waals surface area contributed by atoms with E-state index in [4.69, 9.17) is 21.1 Å². The zero-order valence-electron chi connectivity index (χ0n) is 15.4. The van der Waals surface area contributed by atoms with Crippen LogP contribution in [0.25, 0.3) is 0 Å². The van der Waals surface area contributed by atoms with Crippen molar-refractivity contribution >= 4 is 39.8 Å². The van der Waals surface area contributed by atoms with Crippen LogP contribution >= 0.6 is 22.9 Å². The molecule has 4 rings (SSSR count). The quantitative estimate of drug-likeness (QED) is 0.526. The first-order valence-corrected chi connectivity index (χ1v) is 10.3. The van der Waals surface area contributed by atoms with Gasteiger partial charge in [-0.25, -0.2) is 4.98 Å². The highest BCUT2D eigenvalue weighted by Gasteiger charge is 2.21. The fraction of sp³-hybridized carbons (Fsp3) is 0.333. The molecule has 11 heteroatoms. The number of rotatable bonds is 6. The molecule has 2 aromatic rings. The number of pyridine rings is 1. The highest BCUT2D eigenvalue weighted by molar-refractivity contribution is 7.17. The monoisotopic (exact) mass is 434 g/mol. The maximum Gasteiger partial charge on any atom is 0.296 e. The van der Waals surface area contributed by atoms with Gasteiger partial charge in [-0.2, -0.15) is 0 Å². The lowest BCUT2D eigenvalue weighted by Gasteiger charge is -2.28. The number of morpholine rings is 1. The van der Waals surface area contributed by atoms with Gasteiger partial charge in [0, 0.05) is 31.1 Å². The van der Waals surface area contributed by atoms with Crippen molar-refractivity contribution in [2.24, 2.45) is 0 Å². The van der Waals surface area contributed by atoms with Gasteiger partial charge in [-0.15, -0.1) is 5.10 Å². The summed E-state index contributed by atoms with van der Waals surface area (Å²) >= 11 is 7.06. The Morgan fingerprint density at radius 3 is 3.07 bits per heavy atom. The third-order valence-electron chi connectivity index (χ3n) is 4.24. The SMILES string of the molecule is O=C(Nc1nnc(OCC2=CNC(Cl)C=C2)s1)c1cccnc1N1CCOCC1. The number of nitrogens with one attached hydrogen (secondary N) is 2. The Kier molecular flexibility index (Phi) is 6.23. The van der Waals surface area contributed by atoms with E-state index in [9.17, 15) is 4.79 Å². The third-order valence-corrected chi connectivity index (χ3v) is 5.26. The lowest BCUT2D eigenvalue weighted by molar-refractivity contribution is 0.102. The molecule has 0 aromatic carbocycles. The molecule has 0 spiro atoms.